The third kappa shape index (κ3) is 4.89. The minimum atomic E-state index is -0.346. The van der Waals surface area contributed by atoms with E-state index in [0.717, 1.165) is 23.7 Å². The lowest BCUT2D eigenvalue weighted by atomic mass is 10.2. The Morgan fingerprint density at radius 1 is 1.67 bits per heavy atom. The number of hydrogen-bond donors (Lipinski definition) is 1. The van der Waals surface area contributed by atoms with Crippen molar-refractivity contribution in [2.45, 2.75) is 6.54 Å². The second-order valence-corrected chi connectivity index (χ2v) is 4.68. The maximum absolute atomic E-state index is 11.5. The van der Waals surface area contributed by atoms with Gasteiger partial charge in [0.05, 0.1) is 18.4 Å². The van der Waals surface area contributed by atoms with Crippen molar-refractivity contribution in [1.29, 1.82) is 0 Å². The van der Waals surface area contributed by atoms with E-state index in [1.807, 2.05) is 17.8 Å². The molecule has 0 atom stereocenters. The average molecular weight is 266 g/mol. The summed E-state index contributed by atoms with van der Waals surface area (Å²) in [6, 6.07) is 3.46. The first-order valence-electron chi connectivity index (χ1n) is 5.71. The van der Waals surface area contributed by atoms with Crippen LogP contribution in [0.2, 0.25) is 0 Å². The summed E-state index contributed by atoms with van der Waals surface area (Å²) >= 11 is 1.81. The van der Waals surface area contributed by atoms with Crippen LogP contribution < -0.4 is 5.32 Å². The van der Waals surface area contributed by atoms with Gasteiger partial charge < -0.3 is 10.1 Å². The van der Waals surface area contributed by atoms with Crippen molar-refractivity contribution in [3.8, 4) is 0 Å². The maximum atomic E-state index is 11.5. The maximum Gasteiger partial charge on any atom is 0.339 e. The lowest BCUT2D eigenvalue weighted by molar-refractivity contribution is 0.0598. The van der Waals surface area contributed by atoms with E-state index >= 15 is 0 Å². The topological polar surface area (TPSA) is 51.2 Å². The lowest BCUT2D eigenvalue weighted by Crippen LogP contribution is -2.20. The van der Waals surface area contributed by atoms with E-state index in [1.165, 1.54) is 7.11 Å². The van der Waals surface area contributed by atoms with E-state index in [1.54, 1.807) is 18.3 Å². The Morgan fingerprint density at radius 3 is 3.22 bits per heavy atom. The molecule has 0 radical (unpaired) electrons. The Balaban J connectivity index is 2.42. The van der Waals surface area contributed by atoms with Crippen molar-refractivity contribution >= 4 is 17.7 Å². The van der Waals surface area contributed by atoms with E-state index in [0.29, 0.717) is 12.1 Å². The van der Waals surface area contributed by atoms with Crippen LogP contribution in [0.1, 0.15) is 16.1 Å². The predicted octanol–water partition coefficient (Wildman–Crippen LogP) is 1.88. The second-order valence-electron chi connectivity index (χ2n) is 3.53. The molecule has 5 heteroatoms. The van der Waals surface area contributed by atoms with Crippen molar-refractivity contribution in [1.82, 2.24) is 10.3 Å². The minimum absolute atomic E-state index is 0.346. The summed E-state index contributed by atoms with van der Waals surface area (Å²) in [4.78, 5) is 15.7. The largest absolute Gasteiger partial charge is 0.465 e. The fourth-order valence-corrected chi connectivity index (χ4v) is 2.01. The van der Waals surface area contributed by atoms with Gasteiger partial charge in [-0.15, -0.1) is 6.58 Å². The molecule has 0 unspecified atom stereocenters. The first kappa shape index (κ1) is 14.7. The molecule has 1 heterocycles. The number of nitrogens with one attached hydrogen (secondary N) is 1. The molecule has 0 aliphatic heterocycles. The number of carbonyl (C=O) groups is 1. The summed E-state index contributed by atoms with van der Waals surface area (Å²) in [5, 5.41) is 3.25. The first-order chi connectivity index (χ1) is 8.79. The molecule has 98 valence electrons. The molecule has 0 bridgehead atoms. The monoisotopic (exact) mass is 266 g/mol. The van der Waals surface area contributed by atoms with Gasteiger partial charge in [-0.25, -0.2) is 4.79 Å². The zero-order valence-corrected chi connectivity index (χ0v) is 11.3. The molecule has 0 aromatic carbocycles. The highest BCUT2D eigenvalue weighted by Crippen LogP contribution is 2.06. The zero-order valence-electron chi connectivity index (χ0n) is 10.5. The summed E-state index contributed by atoms with van der Waals surface area (Å²) in [6.45, 7) is 5.10. The number of methoxy groups -OCH3 is 1. The van der Waals surface area contributed by atoms with Gasteiger partial charge in [-0.05, 0) is 12.1 Å². The molecule has 1 aromatic heterocycles. The molecule has 0 aliphatic carbocycles. The molecule has 1 N–H and O–H groups in total. The van der Waals surface area contributed by atoms with Crippen LogP contribution in [0.3, 0.4) is 0 Å². The van der Waals surface area contributed by atoms with Gasteiger partial charge in [-0.1, -0.05) is 6.08 Å². The molecular weight excluding hydrogens is 248 g/mol. The van der Waals surface area contributed by atoms with Gasteiger partial charge in [0.1, 0.15) is 0 Å². The van der Waals surface area contributed by atoms with Gasteiger partial charge in [0.2, 0.25) is 0 Å². The Morgan fingerprint density at radius 2 is 2.50 bits per heavy atom. The van der Waals surface area contributed by atoms with Crippen molar-refractivity contribution in [3.05, 3.63) is 42.2 Å². The second kappa shape index (κ2) is 8.72. The van der Waals surface area contributed by atoms with Crippen LogP contribution in [0.25, 0.3) is 0 Å². The number of carbonyl (C=O) groups excluding carboxylic acids is 1. The Labute approximate surface area is 112 Å². The van der Waals surface area contributed by atoms with Crippen LogP contribution in [0.15, 0.2) is 31.0 Å². The number of ether oxygens (including phenoxy) is 1. The molecular formula is C13H18N2O2S. The Kier molecular flexibility index (Phi) is 7.13. The zero-order chi connectivity index (χ0) is 13.2. The predicted molar refractivity (Wildman–Crippen MR) is 74.8 cm³/mol. The quantitative estimate of drug-likeness (QED) is 0.442. The van der Waals surface area contributed by atoms with Crippen LogP contribution >= 0.6 is 11.8 Å². The number of pyridine rings is 1. The van der Waals surface area contributed by atoms with Crippen molar-refractivity contribution < 1.29 is 9.53 Å². The summed E-state index contributed by atoms with van der Waals surface area (Å²) in [5.74, 6) is 1.62. The number of nitrogens with zero attached hydrogens (tertiary/aromatic N) is 1. The first-order valence-corrected chi connectivity index (χ1v) is 6.86. The minimum Gasteiger partial charge on any atom is -0.465 e. The van der Waals surface area contributed by atoms with E-state index in [9.17, 15) is 4.79 Å². The van der Waals surface area contributed by atoms with Gasteiger partial charge in [-0.3, -0.25) is 4.98 Å². The van der Waals surface area contributed by atoms with Crippen molar-refractivity contribution in [2.24, 2.45) is 0 Å². The molecule has 0 saturated heterocycles. The van der Waals surface area contributed by atoms with Gasteiger partial charge in [0, 0.05) is 30.8 Å². The molecule has 0 amide bonds. The Bertz CT molecular complexity index is 396. The van der Waals surface area contributed by atoms with Crippen LogP contribution in [0, 0.1) is 0 Å². The lowest BCUT2D eigenvalue weighted by Gasteiger charge is -2.07. The molecule has 0 saturated carbocycles. The Hall–Kier alpha value is -1.33. The van der Waals surface area contributed by atoms with Crippen molar-refractivity contribution in [3.63, 3.8) is 0 Å². The molecule has 0 spiro atoms. The SMILES string of the molecule is C=CCSCCNCc1ncccc1C(=O)OC. The van der Waals surface area contributed by atoms with Gasteiger partial charge >= 0.3 is 5.97 Å². The van der Waals surface area contributed by atoms with Crippen molar-refractivity contribution in [2.75, 3.05) is 25.2 Å². The van der Waals surface area contributed by atoms with E-state index in [-0.39, 0.29) is 5.97 Å². The highest BCUT2D eigenvalue weighted by molar-refractivity contribution is 7.99. The summed E-state index contributed by atoms with van der Waals surface area (Å²) < 4.78 is 4.71. The fraction of sp³-hybridized carbons (Fsp3) is 0.385. The number of rotatable bonds is 8. The smallest absolute Gasteiger partial charge is 0.339 e. The number of hydrogen-bond acceptors (Lipinski definition) is 5. The molecule has 1 rings (SSSR count). The fourth-order valence-electron chi connectivity index (χ4n) is 1.39. The van der Waals surface area contributed by atoms with Gasteiger partial charge in [0.15, 0.2) is 0 Å². The standard InChI is InChI=1S/C13H18N2O2S/c1-3-8-18-9-7-14-10-12-11(13(16)17-2)5-4-6-15-12/h3-6,14H,1,7-10H2,2H3. The van der Waals surface area contributed by atoms with Crippen LogP contribution in [-0.4, -0.2) is 36.1 Å². The molecule has 18 heavy (non-hydrogen) atoms. The van der Waals surface area contributed by atoms with Crippen LogP contribution in [0.5, 0.6) is 0 Å². The third-order valence-electron chi connectivity index (χ3n) is 2.25. The summed E-state index contributed by atoms with van der Waals surface area (Å²) in [7, 11) is 1.37. The number of aromatic nitrogens is 1. The van der Waals surface area contributed by atoms with Crippen LogP contribution in [0.4, 0.5) is 0 Å². The molecule has 1 aromatic rings. The third-order valence-corrected chi connectivity index (χ3v) is 3.21. The van der Waals surface area contributed by atoms with E-state index in [4.69, 9.17) is 4.74 Å². The molecule has 0 fully saturated rings. The normalized spacial score (nSPS) is 10.1. The van der Waals surface area contributed by atoms with Gasteiger partial charge in [-0.2, -0.15) is 11.8 Å². The highest BCUT2D eigenvalue weighted by Gasteiger charge is 2.11. The number of thioether (sulfide) groups is 1. The summed E-state index contributed by atoms with van der Waals surface area (Å²) in [6.07, 6.45) is 3.56. The average Bonchev–Trinajstić information content (AvgIpc) is 2.42. The number of esters is 1. The summed E-state index contributed by atoms with van der Waals surface area (Å²) in [5.41, 5.74) is 1.24. The highest BCUT2D eigenvalue weighted by atomic mass is 32.2. The molecule has 0 aliphatic rings. The van der Waals surface area contributed by atoms with Crippen LogP contribution in [-0.2, 0) is 11.3 Å². The van der Waals surface area contributed by atoms with E-state index in [2.05, 4.69) is 16.9 Å². The molecule has 4 nitrogen and oxygen atoms in total. The van der Waals surface area contributed by atoms with Gasteiger partial charge in [0.25, 0.3) is 0 Å². The van der Waals surface area contributed by atoms with E-state index < -0.39 is 0 Å².